The van der Waals surface area contributed by atoms with Gasteiger partial charge in [-0.05, 0) is 36.8 Å². The summed E-state index contributed by atoms with van der Waals surface area (Å²) in [6, 6.07) is 11.1. The first-order valence-corrected chi connectivity index (χ1v) is 9.98. The number of aliphatic hydroxyl groups is 1. The highest BCUT2D eigenvalue weighted by Crippen LogP contribution is 2.30. The van der Waals surface area contributed by atoms with E-state index in [0.29, 0.717) is 22.5 Å². The number of hydrogen-bond acceptors (Lipinski definition) is 5. The lowest BCUT2D eigenvalue weighted by Gasteiger charge is -2.13. The molecule has 2 N–H and O–H groups in total. The predicted molar refractivity (Wildman–Crippen MR) is 109 cm³/mol. The van der Waals surface area contributed by atoms with Crippen molar-refractivity contribution in [3.8, 4) is 0 Å². The number of alkyl halides is 3. The van der Waals surface area contributed by atoms with Crippen LogP contribution in [-0.2, 0) is 17.5 Å². The van der Waals surface area contributed by atoms with E-state index < -0.39 is 17.6 Å². The summed E-state index contributed by atoms with van der Waals surface area (Å²) in [7, 11) is 0. The Kier molecular flexibility index (Phi) is 6.78. The number of nitrogens with one attached hydrogen (secondary N) is 1. The fraction of sp³-hybridized carbons (Fsp3) is 0.250. The van der Waals surface area contributed by atoms with E-state index in [0.717, 1.165) is 23.9 Å². The summed E-state index contributed by atoms with van der Waals surface area (Å²) in [5.74, 6) is -0.685. The highest BCUT2D eigenvalue weighted by molar-refractivity contribution is 7.99. The Morgan fingerprint density at radius 3 is 2.67 bits per heavy atom. The second-order valence-electron chi connectivity index (χ2n) is 6.36. The molecule has 0 atom stereocenters. The van der Waals surface area contributed by atoms with Gasteiger partial charge >= 0.3 is 6.18 Å². The van der Waals surface area contributed by atoms with Gasteiger partial charge in [0.2, 0.25) is 5.91 Å². The van der Waals surface area contributed by atoms with Crippen LogP contribution in [0.25, 0.3) is 10.9 Å². The lowest BCUT2D eigenvalue weighted by Crippen LogP contribution is -2.24. The van der Waals surface area contributed by atoms with Crippen LogP contribution in [0.5, 0.6) is 0 Å². The molecule has 0 fully saturated rings. The second kappa shape index (κ2) is 9.31. The van der Waals surface area contributed by atoms with Crippen LogP contribution in [0.4, 0.5) is 18.9 Å². The van der Waals surface area contributed by atoms with Crippen LogP contribution >= 0.6 is 11.8 Å². The summed E-state index contributed by atoms with van der Waals surface area (Å²) in [4.78, 5) is 29.4. The van der Waals surface area contributed by atoms with Crippen LogP contribution in [0.3, 0.4) is 0 Å². The second-order valence-corrected chi connectivity index (χ2v) is 7.30. The maximum Gasteiger partial charge on any atom is 0.416 e. The van der Waals surface area contributed by atoms with Crippen LogP contribution in [0.1, 0.15) is 12.0 Å². The number of aromatic nitrogens is 2. The monoisotopic (exact) mass is 437 g/mol. The van der Waals surface area contributed by atoms with Gasteiger partial charge in [-0.2, -0.15) is 13.2 Å². The molecule has 0 radical (unpaired) electrons. The molecule has 0 aliphatic rings. The molecular weight excluding hydrogens is 419 g/mol. The number of anilines is 1. The van der Waals surface area contributed by atoms with E-state index in [1.54, 1.807) is 24.3 Å². The minimum Gasteiger partial charge on any atom is -0.396 e. The first kappa shape index (κ1) is 21.8. The number of thioether (sulfide) groups is 1. The summed E-state index contributed by atoms with van der Waals surface area (Å²) in [5, 5.41) is 12.2. The van der Waals surface area contributed by atoms with Gasteiger partial charge in [-0.15, -0.1) is 0 Å². The molecule has 158 valence electrons. The average molecular weight is 437 g/mol. The van der Waals surface area contributed by atoms with Crippen molar-refractivity contribution in [2.45, 2.75) is 24.3 Å². The van der Waals surface area contributed by atoms with Gasteiger partial charge < -0.3 is 10.4 Å². The van der Waals surface area contributed by atoms with Crippen molar-refractivity contribution in [3.05, 3.63) is 64.4 Å². The van der Waals surface area contributed by atoms with E-state index in [2.05, 4.69) is 10.3 Å². The van der Waals surface area contributed by atoms with Crippen molar-refractivity contribution in [3.63, 3.8) is 0 Å². The standard InChI is InChI=1S/C20H18F3N3O3S/c21-20(22,23)13-5-3-6-14(11-13)24-17(28)12-30-19-25-16-8-2-1-7-15(16)18(29)26(19)9-4-10-27/h1-3,5-8,11,27H,4,9-10,12H2,(H,24,28). The number of hydrogen-bond donors (Lipinski definition) is 2. The fourth-order valence-electron chi connectivity index (χ4n) is 2.78. The normalized spacial score (nSPS) is 11.6. The molecule has 0 saturated carbocycles. The number of aliphatic hydroxyl groups excluding tert-OH is 1. The Labute approximate surface area is 173 Å². The highest BCUT2D eigenvalue weighted by Gasteiger charge is 2.30. The van der Waals surface area contributed by atoms with Crippen LogP contribution < -0.4 is 10.9 Å². The van der Waals surface area contributed by atoms with E-state index in [4.69, 9.17) is 5.11 Å². The maximum absolute atomic E-state index is 12.8. The topological polar surface area (TPSA) is 84.2 Å². The summed E-state index contributed by atoms with van der Waals surface area (Å²) in [6.45, 7) is 0.115. The number of carbonyl (C=O) groups is 1. The zero-order chi connectivity index (χ0) is 21.7. The third kappa shape index (κ3) is 5.19. The quantitative estimate of drug-likeness (QED) is 0.437. The number of halogens is 3. The number of carbonyl (C=O) groups excluding carboxylic acids is 1. The smallest absolute Gasteiger partial charge is 0.396 e. The molecule has 0 spiro atoms. The number of fused-ring (bicyclic) bond motifs is 1. The molecule has 0 aliphatic carbocycles. The molecule has 1 aromatic heterocycles. The Hall–Kier alpha value is -2.85. The van der Waals surface area contributed by atoms with Gasteiger partial charge in [0.05, 0.1) is 22.2 Å². The zero-order valence-electron chi connectivity index (χ0n) is 15.6. The average Bonchev–Trinajstić information content (AvgIpc) is 2.71. The molecule has 3 aromatic rings. The van der Waals surface area contributed by atoms with Gasteiger partial charge in [-0.1, -0.05) is 30.0 Å². The fourth-order valence-corrected chi connectivity index (χ4v) is 3.61. The number of para-hydroxylation sites is 1. The lowest BCUT2D eigenvalue weighted by molar-refractivity contribution is -0.137. The molecule has 3 rings (SSSR count). The summed E-state index contributed by atoms with van der Waals surface area (Å²) in [5.41, 5.74) is -0.639. The molecule has 30 heavy (non-hydrogen) atoms. The van der Waals surface area contributed by atoms with Crippen molar-refractivity contribution < 1.29 is 23.1 Å². The Morgan fingerprint density at radius 2 is 1.93 bits per heavy atom. The molecular formula is C20H18F3N3O3S. The zero-order valence-corrected chi connectivity index (χ0v) is 16.5. The third-order valence-corrected chi connectivity index (χ3v) is 5.15. The van der Waals surface area contributed by atoms with Crippen molar-refractivity contribution >= 4 is 34.3 Å². The summed E-state index contributed by atoms with van der Waals surface area (Å²) >= 11 is 1.000. The van der Waals surface area contributed by atoms with E-state index in [1.807, 2.05) is 0 Å². The minimum absolute atomic E-state index is 0.0274. The Bertz CT molecular complexity index is 1120. The van der Waals surface area contributed by atoms with Crippen LogP contribution in [0.15, 0.2) is 58.5 Å². The Balaban J connectivity index is 1.78. The minimum atomic E-state index is -4.51. The van der Waals surface area contributed by atoms with Crippen molar-refractivity contribution in [1.82, 2.24) is 9.55 Å². The molecule has 1 heterocycles. The first-order valence-electron chi connectivity index (χ1n) is 9.00. The van der Waals surface area contributed by atoms with Gasteiger partial charge in [0, 0.05) is 18.8 Å². The van der Waals surface area contributed by atoms with Gasteiger partial charge in [0.1, 0.15) is 0 Å². The number of nitrogens with zero attached hydrogens (tertiary/aromatic N) is 2. The van der Waals surface area contributed by atoms with Crippen molar-refractivity contribution in [1.29, 1.82) is 0 Å². The molecule has 0 bridgehead atoms. The van der Waals surface area contributed by atoms with E-state index in [9.17, 15) is 22.8 Å². The van der Waals surface area contributed by atoms with Crippen molar-refractivity contribution in [2.75, 3.05) is 17.7 Å². The van der Waals surface area contributed by atoms with E-state index >= 15 is 0 Å². The number of benzene rings is 2. The predicted octanol–water partition coefficient (Wildman–Crippen LogP) is 3.53. The van der Waals surface area contributed by atoms with Gasteiger partial charge in [0.25, 0.3) is 5.56 Å². The highest BCUT2D eigenvalue weighted by atomic mass is 32.2. The first-order chi connectivity index (χ1) is 14.3. The van der Waals surface area contributed by atoms with Crippen LogP contribution in [0, 0.1) is 0 Å². The van der Waals surface area contributed by atoms with Gasteiger partial charge in [-0.25, -0.2) is 4.98 Å². The van der Waals surface area contributed by atoms with Gasteiger partial charge in [-0.3, -0.25) is 14.2 Å². The van der Waals surface area contributed by atoms with Crippen LogP contribution in [-0.4, -0.2) is 32.9 Å². The molecule has 10 heteroatoms. The number of amides is 1. The third-order valence-electron chi connectivity index (χ3n) is 4.17. The SMILES string of the molecule is O=C(CSc1nc2ccccc2c(=O)n1CCCO)Nc1cccc(C(F)(F)F)c1. The summed E-state index contributed by atoms with van der Waals surface area (Å²) in [6.07, 6.45) is -4.17. The molecule has 6 nitrogen and oxygen atoms in total. The Morgan fingerprint density at radius 1 is 1.17 bits per heavy atom. The van der Waals surface area contributed by atoms with Crippen molar-refractivity contribution in [2.24, 2.45) is 0 Å². The molecule has 0 aliphatic heterocycles. The summed E-state index contributed by atoms with van der Waals surface area (Å²) < 4.78 is 39.8. The van der Waals surface area contributed by atoms with E-state index in [-0.39, 0.29) is 30.2 Å². The largest absolute Gasteiger partial charge is 0.416 e. The molecule has 1 amide bonds. The maximum atomic E-state index is 12.8. The van der Waals surface area contributed by atoms with E-state index in [1.165, 1.54) is 16.7 Å². The molecule has 0 saturated heterocycles. The van der Waals surface area contributed by atoms with Crippen LogP contribution in [0.2, 0.25) is 0 Å². The lowest BCUT2D eigenvalue weighted by atomic mass is 10.2. The molecule has 2 aromatic carbocycles. The number of rotatable bonds is 7. The molecule has 0 unspecified atom stereocenters. The van der Waals surface area contributed by atoms with Gasteiger partial charge in [0.15, 0.2) is 5.16 Å².